The standard InChI is InChI=1S/C12H13NO3/c1-7-4-3-5-9-8(7)6-10(13(9)2)11(14)12(15)16/h3-6,11,14H,1-2H3,(H,15,16). The molecule has 1 aromatic carbocycles. The zero-order chi connectivity index (χ0) is 11.9. The quantitative estimate of drug-likeness (QED) is 0.806. The Hall–Kier alpha value is -1.81. The van der Waals surface area contributed by atoms with Crippen LogP contribution in [0.25, 0.3) is 10.9 Å². The van der Waals surface area contributed by atoms with Gasteiger partial charge in [0.25, 0.3) is 0 Å². The van der Waals surface area contributed by atoms with Crippen LogP contribution in [-0.4, -0.2) is 20.7 Å². The molecule has 0 fully saturated rings. The molecule has 0 spiro atoms. The van der Waals surface area contributed by atoms with Crippen LogP contribution in [0, 0.1) is 6.92 Å². The van der Waals surface area contributed by atoms with Gasteiger partial charge in [0.2, 0.25) is 0 Å². The molecule has 0 aliphatic heterocycles. The molecule has 4 heteroatoms. The minimum Gasteiger partial charge on any atom is -0.479 e. The van der Waals surface area contributed by atoms with E-state index >= 15 is 0 Å². The molecule has 0 aliphatic rings. The minimum atomic E-state index is -1.48. The number of carboxylic acid groups (broad SMARTS) is 1. The third-order valence-corrected chi connectivity index (χ3v) is 2.86. The highest BCUT2D eigenvalue weighted by Crippen LogP contribution is 2.25. The summed E-state index contributed by atoms with van der Waals surface area (Å²) < 4.78 is 1.71. The molecule has 2 aromatic rings. The van der Waals surface area contributed by atoms with Crippen LogP contribution in [0.1, 0.15) is 17.4 Å². The van der Waals surface area contributed by atoms with E-state index in [0.717, 1.165) is 16.5 Å². The first kappa shape index (κ1) is 10.7. The summed E-state index contributed by atoms with van der Waals surface area (Å²) in [5, 5.41) is 19.3. The van der Waals surface area contributed by atoms with Crippen LogP contribution in [0.4, 0.5) is 0 Å². The number of benzene rings is 1. The Kier molecular flexibility index (Phi) is 2.44. The number of aliphatic hydroxyl groups is 1. The summed E-state index contributed by atoms with van der Waals surface area (Å²) in [6, 6.07) is 7.50. The van der Waals surface area contributed by atoms with Gasteiger partial charge in [-0.1, -0.05) is 12.1 Å². The largest absolute Gasteiger partial charge is 0.479 e. The fourth-order valence-electron chi connectivity index (χ4n) is 1.92. The van der Waals surface area contributed by atoms with Gasteiger partial charge in [0.15, 0.2) is 6.10 Å². The molecule has 1 unspecified atom stereocenters. The molecule has 2 N–H and O–H groups in total. The Labute approximate surface area is 92.7 Å². The first-order chi connectivity index (χ1) is 7.52. The zero-order valence-corrected chi connectivity index (χ0v) is 9.14. The van der Waals surface area contributed by atoms with Crippen molar-refractivity contribution in [2.75, 3.05) is 0 Å². The Morgan fingerprint density at radius 3 is 2.69 bits per heavy atom. The molecule has 0 saturated carbocycles. The van der Waals surface area contributed by atoms with Gasteiger partial charge in [0.05, 0.1) is 5.69 Å². The lowest BCUT2D eigenvalue weighted by Gasteiger charge is -2.07. The van der Waals surface area contributed by atoms with Crippen LogP contribution in [0.15, 0.2) is 24.3 Å². The van der Waals surface area contributed by atoms with E-state index in [-0.39, 0.29) is 0 Å². The summed E-state index contributed by atoms with van der Waals surface area (Å²) >= 11 is 0. The van der Waals surface area contributed by atoms with Crippen molar-refractivity contribution in [2.24, 2.45) is 7.05 Å². The molecule has 0 radical (unpaired) electrons. The van der Waals surface area contributed by atoms with Crippen molar-refractivity contribution in [1.82, 2.24) is 4.57 Å². The number of aliphatic carboxylic acids is 1. The SMILES string of the molecule is Cc1cccc2c1cc(C(O)C(=O)O)n2C. The lowest BCUT2D eigenvalue weighted by Crippen LogP contribution is -2.13. The van der Waals surface area contributed by atoms with Gasteiger partial charge in [-0.3, -0.25) is 0 Å². The smallest absolute Gasteiger partial charge is 0.338 e. The lowest BCUT2D eigenvalue weighted by atomic mass is 10.1. The molecule has 84 valence electrons. The van der Waals surface area contributed by atoms with Crippen molar-refractivity contribution in [3.05, 3.63) is 35.5 Å². The monoisotopic (exact) mass is 219 g/mol. The van der Waals surface area contributed by atoms with Gasteiger partial charge in [0, 0.05) is 18.0 Å². The van der Waals surface area contributed by atoms with Crippen LogP contribution >= 0.6 is 0 Å². The number of aliphatic hydroxyl groups excluding tert-OH is 1. The van der Waals surface area contributed by atoms with E-state index in [4.69, 9.17) is 5.11 Å². The van der Waals surface area contributed by atoms with Gasteiger partial charge in [0.1, 0.15) is 0 Å². The molecule has 0 saturated heterocycles. The Morgan fingerprint density at radius 1 is 1.44 bits per heavy atom. The predicted octanol–water partition coefficient (Wildman–Crippen LogP) is 1.60. The van der Waals surface area contributed by atoms with Crippen LogP contribution in [-0.2, 0) is 11.8 Å². The summed E-state index contributed by atoms with van der Waals surface area (Å²) in [6.07, 6.45) is -1.48. The number of rotatable bonds is 2. The van der Waals surface area contributed by atoms with E-state index < -0.39 is 12.1 Å². The van der Waals surface area contributed by atoms with E-state index in [2.05, 4.69) is 0 Å². The normalized spacial score (nSPS) is 12.9. The maximum Gasteiger partial charge on any atom is 0.338 e. The third-order valence-electron chi connectivity index (χ3n) is 2.86. The Morgan fingerprint density at radius 2 is 2.12 bits per heavy atom. The number of aromatic nitrogens is 1. The van der Waals surface area contributed by atoms with Gasteiger partial charge in [-0.25, -0.2) is 4.79 Å². The van der Waals surface area contributed by atoms with Crippen LogP contribution in [0.2, 0.25) is 0 Å². The minimum absolute atomic E-state index is 0.400. The molecule has 16 heavy (non-hydrogen) atoms. The van der Waals surface area contributed by atoms with Crippen LogP contribution < -0.4 is 0 Å². The number of hydrogen-bond acceptors (Lipinski definition) is 2. The lowest BCUT2D eigenvalue weighted by molar-refractivity contribution is -0.147. The average Bonchev–Trinajstić information content (AvgIpc) is 2.57. The number of hydrogen-bond donors (Lipinski definition) is 2. The van der Waals surface area contributed by atoms with E-state index in [1.807, 2.05) is 25.1 Å². The number of aryl methyl sites for hydroxylation is 2. The molecule has 4 nitrogen and oxygen atoms in total. The topological polar surface area (TPSA) is 62.5 Å². The number of carbonyl (C=O) groups is 1. The van der Waals surface area contributed by atoms with Crippen molar-refractivity contribution in [1.29, 1.82) is 0 Å². The van der Waals surface area contributed by atoms with Crippen molar-refractivity contribution in [2.45, 2.75) is 13.0 Å². The van der Waals surface area contributed by atoms with Crippen molar-refractivity contribution >= 4 is 16.9 Å². The second kappa shape index (κ2) is 3.64. The fourth-order valence-corrected chi connectivity index (χ4v) is 1.92. The maximum absolute atomic E-state index is 10.8. The Bertz CT molecular complexity index is 557. The molecule has 1 heterocycles. The molecular weight excluding hydrogens is 206 g/mol. The van der Waals surface area contributed by atoms with Gasteiger partial charge in [-0.05, 0) is 24.6 Å². The zero-order valence-electron chi connectivity index (χ0n) is 9.14. The molecule has 0 amide bonds. The summed E-state index contributed by atoms with van der Waals surface area (Å²) in [6.45, 7) is 1.96. The second-order valence-corrected chi connectivity index (χ2v) is 3.88. The highest BCUT2D eigenvalue weighted by molar-refractivity contribution is 5.86. The highest BCUT2D eigenvalue weighted by Gasteiger charge is 2.20. The fraction of sp³-hybridized carbons (Fsp3) is 0.250. The van der Waals surface area contributed by atoms with Crippen LogP contribution in [0.5, 0.6) is 0 Å². The number of carboxylic acids is 1. The average molecular weight is 219 g/mol. The first-order valence-corrected chi connectivity index (χ1v) is 4.98. The van der Waals surface area contributed by atoms with Gasteiger partial charge in [-0.15, -0.1) is 0 Å². The van der Waals surface area contributed by atoms with Gasteiger partial charge < -0.3 is 14.8 Å². The summed E-state index contributed by atoms with van der Waals surface area (Å²) in [5.74, 6) is -1.23. The highest BCUT2D eigenvalue weighted by atomic mass is 16.4. The van der Waals surface area contributed by atoms with Crippen LogP contribution in [0.3, 0.4) is 0 Å². The molecule has 1 atom stereocenters. The second-order valence-electron chi connectivity index (χ2n) is 3.88. The molecular formula is C12H13NO3. The summed E-state index contributed by atoms with van der Waals surface area (Å²) in [4.78, 5) is 10.8. The number of nitrogens with zero attached hydrogens (tertiary/aromatic N) is 1. The van der Waals surface area contributed by atoms with Crippen molar-refractivity contribution in [3.63, 3.8) is 0 Å². The van der Waals surface area contributed by atoms with E-state index in [9.17, 15) is 9.90 Å². The number of fused-ring (bicyclic) bond motifs is 1. The van der Waals surface area contributed by atoms with E-state index in [1.165, 1.54) is 0 Å². The van der Waals surface area contributed by atoms with Crippen molar-refractivity contribution in [3.8, 4) is 0 Å². The summed E-state index contributed by atoms with van der Waals surface area (Å²) in [5.41, 5.74) is 2.39. The van der Waals surface area contributed by atoms with Crippen molar-refractivity contribution < 1.29 is 15.0 Å². The van der Waals surface area contributed by atoms with E-state index in [1.54, 1.807) is 17.7 Å². The molecule has 2 rings (SSSR count). The molecule has 0 bridgehead atoms. The van der Waals surface area contributed by atoms with Gasteiger partial charge in [-0.2, -0.15) is 0 Å². The molecule has 1 aromatic heterocycles. The Balaban J connectivity index is 2.69. The maximum atomic E-state index is 10.8. The third kappa shape index (κ3) is 1.47. The van der Waals surface area contributed by atoms with Gasteiger partial charge >= 0.3 is 5.97 Å². The predicted molar refractivity (Wildman–Crippen MR) is 60.3 cm³/mol. The van der Waals surface area contributed by atoms with E-state index in [0.29, 0.717) is 5.69 Å². The summed E-state index contributed by atoms with van der Waals surface area (Å²) in [7, 11) is 1.75. The first-order valence-electron chi connectivity index (χ1n) is 4.98. The molecule has 0 aliphatic carbocycles.